The molecule has 1 rings (SSSR count). The van der Waals surface area contributed by atoms with E-state index in [4.69, 9.17) is 14.2 Å². The van der Waals surface area contributed by atoms with Gasteiger partial charge in [0.25, 0.3) is 0 Å². The van der Waals surface area contributed by atoms with Gasteiger partial charge in [0, 0.05) is 12.1 Å². The first kappa shape index (κ1) is 25.1. The smallest absolute Gasteiger partial charge is 0.330 e. The van der Waals surface area contributed by atoms with Gasteiger partial charge in [0.15, 0.2) is 0 Å². The Morgan fingerprint density at radius 3 is 1.79 bits per heavy atom. The Hall–Kier alpha value is -1.97. The van der Waals surface area contributed by atoms with Gasteiger partial charge in [0.05, 0.1) is 19.8 Å². The molecule has 1 aromatic carbocycles. The van der Waals surface area contributed by atoms with Crippen molar-refractivity contribution in [2.75, 3.05) is 19.8 Å². The number of esters is 1. The van der Waals surface area contributed by atoms with E-state index < -0.39 is 0 Å². The molecule has 0 bridgehead atoms. The molecule has 0 unspecified atom stereocenters. The van der Waals surface area contributed by atoms with Crippen molar-refractivity contribution in [3.8, 4) is 11.5 Å². The first-order valence-corrected chi connectivity index (χ1v) is 11.4. The van der Waals surface area contributed by atoms with Crippen LogP contribution in [0, 0.1) is 0 Å². The van der Waals surface area contributed by atoms with Crippen LogP contribution in [0.5, 0.6) is 11.5 Å². The zero-order valence-electron chi connectivity index (χ0n) is 18.7. The summed E-state index contributed by atoms with van der Waals surface area (Å²) >= 11 is 0. The number of rotatable bonds is 17. The van der Waals surface area contributed by atoms with Crippen molar-refractivity contribution in [3.63, 3.8) is 0 Å². The molecular weight excluding hydrogens is 364 g/mol. The second-order valence-corrected chi connectivity index (χ2v) is 7.41. The van der Waals surface area contributed by atoms with Crippen LogP contribution in [0.1, 0.15) is 90.5 Å². The van der Waals surface area contributed by atoms with Crippen LogP contribution in [0.2, 0.25) is 0 Å². The van der Waals surface area contributed by atoms with Gasteiger partial charge in [-0.15, -0.1) is 0 Å². The van der Waals surface area contributed by atoms with Crippen molar-refractivity contribution in [2.45, 2.75) is 85.0 Å². The van der Waals surface area contributed by atoms with Crippen molar-refractivity contribution in [2.24, 2.45) is 0 Å². The number of hydrogen-bond donors (Lipinski definition) is 0. The lowest BCUT2D eigenvalue weighted by Crippen LogP contribution is -2.02. The Morgan fingerprint density at radius 2 is 1.28 bits per heavy atom. The summed E-state index contributed by atoms with van der Waals surface area (Å²) in [6, 6.07) is 5.83. The van der Waals surface area contributed by atoms with Crippen LogP contribution in [0.4, 0.5) is 0 Å². The lowest BCUT2D eigenvalue weighted by Gasteiger charge is -2.11. The maximum Gasteiger partial charge on any atom is 0.330 e. The zero-order valence-corrected chi connectivity index (χ0v) is 18.7. The third-order valence-electron chi connectivity index (χ3n) is 4.59. The molecule has 0 aliphatic rings. The summed E-state index contributed by atoms with van der Waals surface area (Å²) in [6.07, 6.45) is 14.5. The monoisotopic (exact) mass is 404 g/mol. The maximum atomic E-state index is 11.8. The van der Waals surface area contributed by atoms with E-state index in [-0.39, 0.29) is 5.97 Å². The number of benzene rings is 1. The van der Waals surface area contributed by atoms with Gasteiger partial charge >= 0.3 is 5.97 Å². The van der Waals surface area contributed by atoms with E-state index in [9.17, 15) is 4.79 Å². The Balaban J connectivity index is 2.68. The summed E-state index contributed by atoms with van der Waals surface area (Å²) in [5.74, 6) is 1.25. The number of carbonyl (C=O) groups excluding carboxylic acids is 1. The van der Waals surface area contributed by atoms with Crippen molar-refractivity contribution in [1.29, 1.82) is 0 Å². The third-order valence-corrected chi connectivity index (χ3v) is 4.59. The topological polar surface area (TPSA) is 44.8 Å². The first-order chi connectivity index (χ1) is 14.2. The van der Waals surface area contributed by atoms with Crippen LogP contribution < -0.4 is 9.47 Å². The van der Waals surface area contributed by atoms with Crippen LogP contribution >= 0.6 is 0 Å². The summed E-state index contributed by atoms with van der Waals surface area (Å²) in [4.78, 5) is 11.8. The Bertz CT molecular complexity index is 548. The Kier molecular flexibility index (Phi) is 14.6. The quantitative estimate of drug-likeness (QED) is 0.160. The molecule has 0 radical (unpaired) electrons. The van der Waals surface area contributed by atoms with Gasteiger partial charge in [-0.25, -0.2) is 4.79 Å². The third kappa shape index (κ3) is 13.0. The summed E-state index contributed by atoms with van der Waals surface area (Å²) in [7, 11) is 0. The predicted molar refractivity (Wildman–Crippen MR) is 121 cm³/mol. The van der Waals surface area contributed by atoms with Crippen LogP contribution in [0.25, 0.3) is 6.08 Å². The van der Waals surface area contributed by atoms with Crippen molar-refractivity contribution < 1.29 is 19.0 Å². The van der Waals surface area contributed by atoms with E-state index >= 15 is 0 Å². The summed E-state index contributed by atoms with van der Waals surface area (Å²) < 4.78 is 17.1. The molecule has 0 amide bonds. The molecule has 0 atom stereocenters. The number of ether oxygens (including phenoxy) is 3. The number of hydrogen-bond acceptors (Lipinski definition) is 4. The fraction of sp³-hybridized carbons (Fsp3) is 0.640. The summed E-state index contributed by atoms with van der Waals surface area (Å²) in [5.41, 5.74) is 0.882. The highest BCUT2D eigenvalue weighted by Gasteiger charge is 2.04. The fourth-order valence-electron chi connectivity index (χ4n) is 2.82. The van der Waals surface area contributed by atoms with Gasteiger partial charge < -0.3 is 14.2 Å². The normalized spacial score (nSPS) is 11.0. The van der Waals surface area contributed by atoms with Crippen LogP contribution in [-0.2, 0) is 9.53 Å². The second-order valence-electron chi connectivity index (χ2n) is 7.41. The molecule has 0 heterocycles. The van der Waals surface area contributed by atoms with Crippen molar-refractivity contribution in [3.05, 3.63) is 29.8 Å². The molecular formula is C25H40O4. The largest absolute Gasteiger partial charge is 0.493 e. The average Bonchev–Trinajstić information content (AvgIpc) is 2.72. The van der Waals surface area contributed by atoms with E-state index in [2.05, 4.69) is 20.8 Å². The van der Waals surface area contributed by atoms with Gasteiger partial charge in [-0.1, -0.05) is 65.7 Å². The highest BCUT2D eigenvalue weighted by molar-refractivity contribution is 5.87. The molecule has 0 aliphatic carbocycles. The van der Waals surface area contributed by atoms with Gasteiger partial charge in [-0.3, -0.25) is 0 Å². The van der Waals surface area contributed by atoms with E-state index in [0.717, 1.165) is 42.7 Å². The molecule has 29 heavy (non-hydrogen) atoms. The van der Waals surface area contributed by atoms with Crippen LogP contribution in [0.15, 0.2) is 24.3 Å². The van der Waals surface area contributed by atoms with E-state index in [1.54, 1.807) is 6.08 Å². The minimum atomic E-state index is -0.314. The van der Waals surface area contributed by atoms with E-state index in [0.29, 0.717) is 19.8 Å². The number of carbonyl (C=O) groups is 1. The number of unbranched alkanes of at least 4 members (excludes halogenated alkanes) is 7. The van der Waals surface area contributed by atoms with E-state index in [1.807, 2.05) is 18.2 Å². The average molecular weight is 405 g/mol. The molecule has 0 aliphatic heterocycles. The van der Waals surface area contributed by atoms with Crippen molar-refractivity contribution in [1.82, 2.24) is 0 Å². The maximum absolute atomic E-state index is 11.8. The highest BCUT2D eigenvalue weighted by Crippen LogP contribution is 2.25. The molecule has 0 saturated carbocycles. The molecule has 0 aromatic heterocycles. The van der Waals surface area contributed by atoms with Crippen LogP contribution in [0.3, 0.4) is 0 Å². The van der Waals surface area contributed by atoms with Crippen LogP contribution in [-0.4, -0.2) is 25.8 Å². The molecule has 0 spiro atoms. The standard InChI is InChI=1S/C25H40O4/c1-4-7-10-12-17-27-23-19-22(14-15-25(26)29-16-9-6-3)20-24(21-23)28-18-13-11-8-5-2/h14-15,19-21H,4-13,16-18H2,1-3H3. The van der Waals surface area contributed by atoms with Crippen molar-refractivity contribution >= 4 is 12.0 Å². The SMILES string of the molecule is CCCCCCOc1cc(C=CC(=O)OCCCC)cc(OCCCCCC)c1. The molecule has 0 saturated heterocycles. The Labute approximate surface area is 177 Å². The Morgan fingerprint density at radius 1 is 0.724 bits per heavy atom. The fourth-order valence-corrected chi connectivity index (χ4v) is 2.82. The molecule has 1 aromatic rings. The first-order valence-electron chi connectivity index (χ1n) is 11.4. The molecule has 0 fully saturated rings. The highest BCUT2D eigenvalue weighted by atomic mass is 16.5. The lowest BCUT2D eigenvalue weighted by molar-refractivity contribution is -0.137. The zero-order chi connectivity index (χ0) is 21.2. The van der Waals surface area contributed by atoms with Gasteiger partial charge in [-0.05, 0) is 43.0 Å². The van der Waals surface area contributed by atoms with E-state index in [1.165, 1.54) is 44.6 Å². The summed E-state index contributed by atoms with van der Waals surface area (Å²) in [5, 5.41) is 0. The van der Waals surface area contributed by atoms with Gasteiger partial charge in [0.2, 0.25) is 0 Å². The van der Waals surface area contributed by atoms with Gasteiger partial charge in [0.1, 0.15) is 11.5 Å². The minimum Gasteiger partial charge on any atom is -0.493 e. The minimum absolute atomic E-state index is 0.314. The second kappa shape index (κ2) is 16.9. The van der Waals surface area contributed by atoms with Gasteiger partial charge in [-0.2, -0.15) is 0 Å². The lowest BCUT2D eigenvalue weighted by atomic mass is 10.1. The predicted octanol–water partition coefficient (Wildman–Crippen LogP) is 6.96. The molecule has 164 valence electrons. The molecule has 4 nitrogen and oxygen atoms in total. The summed E-state index contributed by atoms with van der Waals surface area (Å²) in [6.45, 7) is 8.33. The molecule has 4 heteroatoms. The molecule has 0 N–H and O–H groups in total.